The molecule has 1 N–H and O–H groups in total. The topological polar surface area (TPSA) is 194 Å². The average molecular weight is 723 g/mol. The van der Waals surface area contributed by atoms with Gasteiger partial charge in [-0.2, -0.15) is 0 Å². The zero-order valence-corrected chi connectivity index (χ0v) is 32.1. The van der Waals surface area contributed by atoms with Gasteiger partial charge in [0.05, 0.1) is 30.5 Å². The molecule has 6 saturated carbocycles. The number of fused-ring (bicyclic) bond motifs is 6. The Hall–Kier alpha value is -3.64. The van der Waals surface area contributed by atoms with Crippen LogP contribution in [-0.2, 0) is 57.3 Å². The molecule has 0 spiro atoms. The summed E-state index contributed by atoms with van der Waals surface area (Å²) in [6, 6.07) is 0. The van der Waals surface area contributed by atoms with Crippen LogP contribution in [0.15, 0.2) is 0 Å². The standard InChI is InChI=1S/C19H28O6.C11H16O4.C8H14O3/c1-12(20)13(15(22)25-17(2,3)4)14(21)18-6-9-19(10-7-18,11-8-18)16(23)24-5;1-15-9(14)11-5-2-10(3-6-11,4-7-11)8(12)13;1-6(9)5-7(10)11-8(2,3)4/h13H,6-11H2,1-5H3;2-7H2,1H3,(H,12,13);5H2,1-4H3. The van der Waals surface area contributed by atoms with Crippen LogP contribution in [0.25, 0.3) is 0 Å². The lowest BCUT2D eigenvalue weighted by Gasteiger charge is -2.51. The van der Waals surface area contributed by atoms with Crippen molar-refractivity contribution >= 4 is 47.2 Å². The maximum Gasteiger partial charge on any atom is 0.324 e. The molecule has 288 valence electrons. The zero-order valence-electron chi connectivity index (χ0n) is 32.1. The molecule has 0 aromatic heterocycles. The minimum absolute atomic E-state index is 0.128. The van der Waals surface area contributed by atoms with Crippen molar-refractivity contribution in [2.45, 2.75) is 150 Å². The van der Waals surface area contributed by atoms with Gasteiger partial charge in [-0.1, -0.05) is 0 Å². The monoisotopic (exact) mass is 722 g/mol. The molecule has 6 fully saturated rings. The van der Waals surface area contributed by atoms with Crippen LogP contribution in [-0.4, -0.2) is 77.7 Å². The molecule has 13 nitrogen and oxygen atoms in total. The van der Waals surface area contributed by atoms with Crippen LogP contribution in [0.1, 0.15) is 139 Å². The molecule has 0 aromatic rings. The van der Waals surface area contributed by atoms with Gasteiger partial charge in [-0.15, -0.1) is 0 Å². The van der Waals surface area contributed by atoms with Gasteiger partial charge in [0, 0.05) is 5.41 Å². The highest BCUT2D eigenvalue weighted by Gasteiger charge is 2.59. The summed E-state index contributed by atoms with van der Waals surface area (Å²) in [5.74, 6) is -4.65. The molecule has 0 radical (unpaired) electrons. The second kappa shape index (κ2) is 16.4. The van der Waals surface area contributed by atoms with E-state index in [9.17, 15) is 43.5 Å². The molecule has 0 aromatic carbocycles. The first-order valence-electron chi connectivity index (χ1n) is 17.7. The fraction of sp³-hybridized carbons (Fsp3) is 0.789. The van der Waals surface area contributed by atoms with Gasteiger partial charge in [0.25, 0.3) is 0 Å². The van der Waals surface area contributed by atoms with E-state index in [4.69, 9.17) is 18.9 Å². The van der Waals surface area contributed by atoms with Gasteiger partial charge < -0.3 is 24.1 Å². The quantitative estimate of drug-likeness (QED) is 0.178. The summed E-state index contributed by atoms with van der Waals surface area (Å²) < 4.78 is 19.9. The number of carbonyl (C=O) groups excluding carboxylic acids is 7. The van der Waals surface area contributed by atoms with Crippen LogP contribution in [0.3, 0.4) is 0 Å². The Morgan fingerprint density at radius 3 is 1.18 bits per heavy atom. The first-order valence-corrected chi connectivity index (χ1v) is 17.7. The Kier molecular flexibility index (Phi) is 14.0. The lowest BCUT2D eigenvalue weighted by Crippen LogP contribution is -2.53. The summed E-state index contributed by atoms with van der Waals surface area (Å²) in [5.41, 5.74) is -3.38. The Bertz CT molecular complexity index is 1330. The highest BCUT2D eigenvalue weighted by molar-refractivity contribution is 6.18. The van der Waals surface area contributed by atoms with E-state index in [1.807, 2.05) is 0 Å². The minimum atomic E-state index is -1.37. The second-order valence-electron chi connectivity index (χ2n) is 16.8. The van der Waals surface area contributed by atoms with Crippen molar-refractivity contribution in [1.29, 1.82) is 0 Å². The smallest absolute Gasteiger partial charge is 0.324 e. The highest BCUT2D eigenvalue weighted by atomic mass is 16.6. The van der Waals surface area contributed by atoms with E-state index in [0.717, 1.165) is 0 Å². The highest BCUT2D eigenvalue weighted by Crippen LogP contribution is 2.59. The summed E-state index contributed by atoms with van der Waals surface area (Å²) in [6.07, 6.45) is 6.96. The predicted molar refractivity (Wildman–Crippen MR) is 183 cm³/mol. The number of ketones is 3. The molecule has 13 heteroatoms. The first-order chi connectivity index (χ1) is 23.3. The van der Waals surface area contributed by atoms with E-state index < -0.39 is 57.1 Å². The number of carbonyl (C=O) groups is 8. The Labute approximate surface area is 301 Å². The fourth-order valence-electron chi connectivity index (χ4n) is 7.81. The first kappa shape index (κ1) is 43.5. The van der Waals surface area contributed by atoms with Gasteiger partial charge in [0.2, 0.25) is 0 Å². The number of Topliss-reactive ketones (excluding diaryl/α,β-unsaturated/α-hetero) is 3. The van der Waals surface area contributed by atoms with Crippen molar-refractivity contribution in [3.63, 3.8) is 0 Å². The Morgan fingerprint density at radius 2 is 0.902 bits per heavy atom. The Morgan fingerprint density at radius 1 is 0.569 bits per heavy atom. The molecule has 6 rings (SSSR count). The van der Waals surface area contributed by atoms with Gasteiger partial charge in [-0.3, -0.25) is 38.4 Å². The molecule has 0 aliphatic heterocycles. The normalized spacial score (nSPS) is 28.3. The maximum absolute atomic E-state index is 13.2. The number of carboxylic acids is 1. The third kappa shape index (κ3) is 10.7. The van der Waals surface area contributed by atoms with Gasteiger partial charge in [0.1, 0.15) is 23.4 Å². The van der Waals surface area contributed by atoms with Crippen molar-refractivity contribution in [2.75, 3.05) is 14.2 Å². The number of carboxylic acid groups (broad SMARTS) is 1. The minimum Gasteiger partial charge on any atom is -0.481 e. The number of ether oxygens (including phenoxy) is 4. The van der Waals surface area contributed by atoms with Gasteiger partial charge in [0.15, 0.2) is 17.5 Å². The summed E-state index contributed by atoms with van der Waals surface area (Å²) in [6.45, 7) is 13.0. The molecular weight excluding hydrogens is 664 g/mol. The van der Waals surface area contributed by atoms with E-state index in [1.165, 1.54) is 28.1 Å². The van der Waals surface area contributed by atoms with Crippen molar-refractivity contribution in [3.05, 3.63) is 0 Å². The second-order valence-corrected chi connectivity index (χ2v) is 16.8. The number of hydrogen-bond donors (Lipinski definition) is 1. The van der Waals surface area contributed by atoms with E-state index >= 15 is 0 Å². The van der Waals surface area contributed by atoms with E-state index in [1.54, 1.807) is 41.5 Å². The lowest BCUT2D eigenvalue weighted by atomic mass is 9.51. The zero-order chi connectivity index (χ0) is 39.2. The molecular formula is C38H58O13. The molecule has 1 unspecified atom stereocenters. The number of hydrogen-bond acceptors (Lipinski definition) is 12. The number of methoxy groups -OCH3 is 2. The summed E-state index contributed by atoms with van der Waals surface area (Å²) in [4.78, 5) is 93.8. The molecule has 0 amide bonds. The van der Waals surface area contributed by atoms with Crippen LogP contribution >= 0.6 is 0 Å². The third-order valence-electron chi connectivity index (χ3n) is 10.8. The summed E-state index contributed by atoms with van der Waals surface area (Å²) in [7, 11) is 2.79. The third-order valence-corrected chi connectivity index (χ3v) is 10.8. The maximum atomic E-state index is 13.2. The van der Waals surface area contributed by atoms with Crippen LogP contribution in [0.2, 0.25) is 0 Å². The summed E-state index contributed by atoms with van der Waals surface area (Å²) >= 11 is 0. The van der Waals surface area contributed by atoms with E-state index in [0.29, 0.717) is 77.0 Å². The fourth-order valence-corrected chi connectivity index (χ4v) is 7.81. The van der Waals surface area contributed by atoms with Crippen LogP contribution in [0.5, 0.6) is 0 Å². The van der Waals surface area contributed by atoms with Crippen molar-refractivity contribution < 1.29 is 62.4 Å². The number of esters is 4. The molecule has 6 aliphatic carbocycles. The molecule has 51 heavy (non-hydrogen) atoms. The van der Waals surface area contributed by atoms with Crippen molar-refractivity contribution in [1.82, 2.24) is 0 Å². The predicted octanol–water partition coefficient (Wildman–Crippen LogP) is 5.51. The number of aliphatic carboxylic acids is 1. The lowest BCUT2D eigenvalue weighted by molar-refractivity contribution is -0.173. The van der Waals surface area contributed by atoms with E-state index in [2.05, 4.69) is 0 Å². The van der Waals surface area contributed by atoms with Crippen LogP contribution in [0.4, 0.5) is 0 Å². The van der Waals surface area contributed by atoms with Gasteiger partial charge in [-0.25, -0.2) is 0 Å². The molecule has 0 heterocycles. The van der Waals surface area contributed by atoms with Gasteiger partial charge in [-0.05, 0) is 132 Å². The molecule has 0 saturated heterocycles. The number of rotatable bonds is 9. The van der Waals surface area contributed by atoms with Gasteiger partial charge >= 0.3 is 29.8 Å². The molecule has 6 aliphatic rings. The Balaban J connectivity index is 0.000000294. The van der Waals surface area contributed by atoms with Crippen LogP contribution in [0, 0.1) is 27.6 Å². The molecule has 4 bridgehead atoms. The largest absolute Gasteiger partial charge is 0.481 e. The molecule has 1 atom stereocenters. The average Bonchev–Trinajstić information content (AvgIpc) is 3.04. The SMILES string of the molecule is CC(=O)CC(=O)OC(C)(C)C.COC(=O)C12CCC(C(=O)C(C(C)=O)C(=O)OC(C)(C)C)(CC1)CC2.COC(=O)C12CCC(C(=O)O)(CC1)CC2. The summed E-state index contributed by atoms with van der Waals surface area (Å²) in [5, 5.41) is 9.18. The van der Waals surface area contributed by atoms with Crippen LogP contribution < -0.4 is 0 Å². The van der Waals surface area contributed by atoms with Crippen molar-refractivity contribution in [3.8, 4) is 0 Å². The van der Waals surface area contributed by atoms with Crippen molar-refractivity contribution in [2.24, 2.45) is 27.6 Å². The van der Waals surface area contributed by atoms with E-state index in [-0.39, 0.29) is 35.3 Å².